The van der Waals surface area contributed by atoms with Gasteiger partial charge in [0.2, 0.25) is 5.91 Å². The number of nitrogens with one attached hydrogen (secondary N) is 2. The van der Waals surface area contributed by atoms with E-state index in [0.717, 1.165) is 17.5 Å². The molecule has 0 aromatic heterocycles. The highest BCUT2D eigenvalue weighted by Gasteiger charge is 2.16. The Labute approximate surface area is 149 Å². The van der Waals surface area contributed by atoms with E-state index >= 15 is 0 Å². The van der Waals surface area contributed by atoms with Crippen LogP contribution in [0.2, 0.25) is 0 Å². The van der Waals surface area contributed by atoms with Gasteiger partial charge in [-0.2, -0.15) is 0 Å². The van der Waals surface area contributed by atoms with Gasteiger partial charge in [-0.15, -0.1) is 0 Å². The minimum Gasteiger partial charge on any atom is -0.348 e. The zero-order valence-electron chi connectivity index (χ0n) is 15.1. The molecule has 1 unspecified atom stereocenters. The maximum Gasteiger partial charge on any atom is 0.251 e. The smallest absolute Gasteiger partial charge is 0.251 e. The second-order valence-electron chi connectivity index (χ2n) is 6.71. The molecule has 2 amide bonds. The number of aryl methyl sites for hydroxylation is 1. The summed E-state index contributed by atoms with van der Waals surface area (Å²) in [5.74, 6) is 0.0295. The van der Waals surface area contributed by atoms with Gasteiger partial charge < -0.3 is 10.6 Å². The lowest BCUT2D eigenvalue weighted by atomic mass is 9.97. The molecular formula is C21H26N2O2. The van der Waals surface area contributed by atoms with Crippen molar-refractivity contribution in [3.63, 3.8) is 0 Å². The molecule has 0 saturated carbocycles. The third kappa shape index (κ3) is 6.07. The van der Waals surface area contributed by atoms with Crippen LogP contribution in [0.4, 0.5) is 0 Å². The standard InChI is InChI=1S/C21H26N2O2/c1-15(2)12-19(17-9-5-4-6-10-17)23-20(24)14-22-21(25)18-11-7-8-16(3)13-18/h4-11,13,15,19H,12,14H2,1-3H3,(H,22,25)(H,23,24). The SMILES string of the molecule is Cc1cccc(C(=O)NCC(=O)NC(CC(C)C)c2ccccc2)c1. The molecule has 2 aromatic carbocycles. The molecule has 0 spiro atoms. The van der Waals surface area contributed by atoms with Gasteiger partial charge in [0.15, 0.2) is 0 Å². The van der Waals surface area contributed by atoms with Crippen LogP contribution in [0.25, 0.3) is 0 Å². The highest BCUT2D eigenvalue weighted by Crippen LogP contribution is 2.20. The number of benzene rings is 2. The van der Waals surface area contributed by atoms with Crippen molar-refractivity contribution < 1.29 is 9.59 Å². The van der Waals surface area contributed by atoms with Crippen LogP contribution in [0.15, 0.2) is 54.6 Å². The van der Waals surface area contributed by atoms with E-state index in [1.54, 1.807) is 12.1 Å². The predicted octanol–water partition coefficient (Wildman–Crippen LogP) is 3.63. The fourth-order valence-electron chi connectivity index (χ4n) is 2.73. The molecule has 1 atom stereocenters. The fraction of sp³-hybridized carbons (Fsp3) is 0.333. The average molecular weight is 338 g/mol. The summed E-state index contributed by atoms with van der Waals surface area (Å²) in [7, 11) is 0. The molecule has 2 aromatic rings. The monoisotopic (exact) mass is 338 g/mol. The van der Waals surface area contributed by atoms with Gasteiger partial charge in [-0.05, 0) is 37.0 Å². The number of amides is 2. The van der Waals surface area contributed by atoms with Gasteiger partial charge in [0.25, 0.3) is 5.91 Å². The van der Waals surface area contributed by atoms with Gasteiger partial charge in [-0.25, -0.2) is 0 Å². The Bertz CT molecular complexity index is 711. The molecule has 0 aliphatic rings. The molecule has 132 valence electrons. The minimum absolute atomic E-state index is 0.0335. The van der Waals surface area contributed by atoms with Gasteiger partial charge in [-0.1, -0.05) is 61.9 Å². The van der Waals surface area contributed by atoms with E-state index in [1.807, 2.05) is 49.4 Å². The summed E-state index contributed by atoms with van der Waals surface area (Å²) >= 11 is 0. The third-order valence-electron chi connectivity index (χ3n) is 3.93. The highest BCUT2D eigenvalue weighted by atomic mass is 16.2. The maximum absolute atomic E-state index is 12.3. The van der Waals surface area contributed by atoms with E-state index in [2.05, 4.69) is 24.5 Å². The molecule has 0 aliphatic heterocycles. The van der Waals surface area contributed by atoms with Crippen LogP contribution in [0.5, 0.6) is 0 Å². The van der Waals surface area contributed by atoms with Gasteiger partial charge in [0.1, 0.15) is 0 Å². The van der Waals surface area contributed by atoms with Crippen molar-refractivity contribution in [2.45, 2.75) is 33.2 Å². The van der Waals surface area contributed by atoms with E-state index in [0.29, 0.717) is 11.5 Å². The van der Waals surface area contributed by atoms with Crippen molar-refractivity contribution in [1.82, 2.24) is 10.6 Å². The summed E-state index contributed by atoms with van der Waals surface area (Å²) in [6, 6.07) is 17.2. The summed E-state index contributed by atoms with van der Waals surface area (Å²) in [6.07, 6.45) is 0.849. The van der Waals surface area contributed by atoms with E-state index < -0.39 is 0 Å². The van der Waals surface area contributed by atoms with Crippen LogP contribution in [0.3, 0.4) is 0 Å². The third-order valence-corrected chi connectivity index (χ3v) is 3.93. The van der Waals surface area contributed by atoms with Crippen molar-refractivity contribution in [2.75, 3.05) is 6.54 Å². The Hall–Kier alpha value is -2.62. The van der Waals surface area contributed by atoms with E-state index in [4.69, 9.17) is 0 Å². The Kier molecular flexibility index (Phi) is 6.75. The zero-order valence-corrected chi connectivity index (χ0v) is 15.1. The molecule has 2 rings (SSSR count). The van der Waals surface area contributed by atoms with Gasteiger partial charge in [0.05, 0.1) is 12.6 Å². The fourth-order valence-corrected chi connectivity index (χ4v) is 2.73. The van der Waals surface area contributed by atoms with Crippen molar-refractivity contribution in [3.05, 3.63) is 71.3 Å². The van der Waals surface area contributed by atoms with Gasteiger partial charge >= 0.3 is 0 Å². The second-order valence-corrected chi connectivity index (χ2v) is 6.71. The number of rotatable bonds is 7. The first-order valence-electron chi connectivity index (χ1n) is 8.65. The van der Waals surface area contributed by atoms with E-state index in [-0.39, 0.29) is 24.4 Å². The minimum atomic E-state index is -0.237. The van der Waals surface area contributed by atoms with Crippen LogP contribution < -0.4 is 10.6 Å². The largest absolute Gasteiger partial charge is 0.348 e. The van der Waals surface area contributed by atoms with Crippen LogP contribution in [-0.4, -0.2) is 18.4 Å². The first-order valence-corrected chi connectivity index (χ1v) is 8.65. The number of carbonyl (C=O) groups is 2. The summed E-state index contributed by atoms with van der Waals surface area (Å²) in [6.45, 7) is 6.15. The molecule has 25 heavy (non-hydrogen) atoms. The molecule has 0 bridgehead atoms. The Morgan fingerprint density at radius 2 is 1.72 bits per heavy atom. The summed E-state index contributed by atoms with van der Waals surface area (Å²) < 4.78 is 0. The van der Waals surface area contributed by atoms with Crippen LogP contribution in [0, 0.1) is 12.8 Å². The van der Waals surface area contributed by atoms with Crippen molar-refractivity contribution in [1.29, 1.82) is 0 Å². The van der Waals surface area contributed by atoms with Crippen LogP contribution in [-0.2, 0) is 4.79 Å². The summed E-state index contributed by atoms with van der Waals surface area (Å²) in [5, 5.41) is 5.71. The lowest BCUT2D eigenvalue weighted by molar-refractivity contribution is -0.121. The normalized spacial score (nSPS) is 11.8. The van der Waals surface area contributed by atoms with E-state index in [9.17, 15) is 9.59 Å². The van der Waals surface area contributed by atoms with Crippen molar-refractivity contribution in [2.24, 2.45) is 5.92 Å². The molecule has 0 saturated heterocycles. The van der Waals surface area contributed by atoms with Crippen molar-refractivity contribution in [3.8, 4) is 0 Å². The number of carbonyl (C=O) groups excluding carboxylic acids is 2. The second kappa shape index (κ2) is 9.02. The Morgan fingerprint density at radius 1 is 1.00 bits per heavy atom. The lowest BCUT2D eigenvalue weighted by Crippen LogP contribution is -2.39. The zero-order chi connectivity index (χ0) is 18.2. The Balaban J connectivity index is 1.93. The molecule has 2 N–H and O–H groups in total. The number of hydrogen-bond donors (Lipinski definition) is 2. The topological polar surface area (TPSA) is 58.2 Å². The molecule has 0 aliphatic carbocycles. The van der Waals surface area contributed by atoms with Gasteiger partial charge in [0, 0.05) is 5.56 Å². The predicted molar refractivity (Wildman–Crippen MR) is 100 cm³/mol. The molecule has 0 fully saturated rings. The molecule has 4 nitrogen and oxygen atoms in total. The first-order chi connectivity index (χ1) is 12.0. The van der Waals surface area contributed by atoms with E-state index in [1.165, 1.54) is 0 Å². The molecule has 4 heteroatoms. The van der Waals surface area contributed by atoms with Gasteiger partial charge in [-0.3, -0.25) is 9.59 Å². The highest BCUT2D eigenvalue weighted by molar-refractivity contribution is 5.96. The lowest BCUT2D eigenvalue weighted by Gasteiger charge is -2.21. The average Bonchev–Trinajstić information content (AvgIpc) is 2.59. The molecular weight excluding hydrogens is 312 g/mol. The first kappa shape index (κ1) is 18.7. The summed E-state index contributed by atoms with van der Waals surface area (Å²) in [4.78, 5) is 24.4. The quantitative estimate of drug-likeness (QED) is 0.810. The number of hydrogen-bond acceptors (Lipinski definition) is 2. The van der Waals surface area contributed by atoms with Crippen LogP contribution in [0.1, 0.15) is 47.8 Å². The maximum atomic E-state index is 12.3. The van der Waals surface area contributed by atoms with Crippen LogP contribution >= 0.6 is 0 Å². The Morgan fingerprint density at radius 3 is 2.36 bits per heavy atom. The molecule has 0 heterocycles. The molecule has 0 radical (unpaired) electrons. The summed E-state index contributed by atoms with van der Waals surface area (Å²) in [5.41, 5.74) is 2.65. The van der Waals surface area contributed by atoms with Crippen molar-refractivity contribution >= 4 is 11.8 Å².